The van der Waals surface area contributed by atoms with Gasteiger partial charge in [0.25, 0.3) is 0 Å². The third-order valence-electron chi connectivity index (χ3n) is 1.44. The van der Waals surface area contributed by atoms with E-state index in [-0.39, 0.29) is 5.97 Å². The summed E-state index contributed by atoms with van der Waals surface area (Å²) in [5.41, 5.74) is 0.412. The largest absolute Gasteiger partial charge is 0.478 e. The molecule has 0 saturated carbocycles. The van der Waals surface area contributed by atoms with Gasteiger partial charge in [0.2, 0.25) is 0 Å². The number of carbonyl (C=O) groups excluding carboxylic acids is 1. The van der Waals surface area contributed by atoms with E-state index < -0.39 is 5.97 Å². The number of aliphatic carboxylic acids is 1. The summed E-state index contributed by atoms with van der Waals surface area (Å²) >= 11 is 0. The van der Waals surface area contributed by atoms with E-state index in [1.165, 1.54) is 0 Å². The zero-order valence-electron chi connectivity index (χ0n) is 9.94. The number of carboxylic acid groups (broad SMARTS) is 1. The number of nitriles is 1. The zero-order chi connectivity index (χ0) is 13.7. The summed E-state index contributed by atoms with van der Waals surface area (Å²) < 4.78 is 4.80. The number of nitrogens with zero attached hydrogens (tertiary/aromatic N) is 1. The van der Waals surface area contributed by atoms with Crippen LogP contribution in [0.4, 0.5) is 0 Å². The molecule has 0 bridgehead atoms. The highest BCUT2D eigenvalue weighted by Crippen LogP contribution is 1.97. The molecule has 0 saturated heterocycles. The predicted octanol–water partition coefficient (Wildman–Crippen LogP) is 2.06. The van der Waals surface area contributed by atoms with Gasteiger partial charge < -0.3 is 9.84 Å². The van der Waals surface area contributed by atoms with Gasteiger partial charge in [-0.15, -0.1) is 0 Å². The quantitative estimate of drug-likeness (QED) is 0.435. The van der Waals surface area contributed by atoms with Crippen molar-refractivity contribution in [1.82, 2.24) is 0 Å². The van der Waals surface area contributed by atoms with Crippen LogP contribution in [0.15, 0.2) is 24.8 Å². The Morgan fingerprint density at radius 1 is 1.47 bits per heavy atom. The lowest BCUT2D eigenvalue weighted by Gasteiger charge is -2.01. The van der Waals surface area contributed by atoms with E-state index in [1.54, 1.807) is 6.92 Å². The van der Waals surface area contributed by atoms with Crippen LogP contribution in [0, 0.1) is 11.3 Å². The molecular weight excluding hydrogens is 222 g/mol. The van der Waals surface area contributed by atoms with Crippen molar-refractivity contribution in [3.8, 4) is 6.07 Å². The molecule has 0 amide bonds. The fourth-order valence-electron chi connectivity index (χ4n) is 0.594. The summed E-state index contributed by atoms with van der Waals surface area (Å²) in [6.45, 7) is 8.39. The van der Waals surface area contributed by atoms with E-state index in [0.717, 1.165) is 18.9 Å². The Hall–Kier alpha value is -2.09. The topological polar surface area (TPSA) is 87.4 Å². The molecule has 0 heterocycles. The van der Waals surface area contributed by atoms with Crippen LogP contribution < -0.4 is 0 Å². The molecule has 0 aliphatic heterocycles. The van der Waals surface area contributed by atoms with Crippen LogP contribution >= 0.6 is 0 Å². The molecule has 0 aliphatic rings. The van der Waals surface area contributed by atoms with Gasteiger partial charge in [-0.1, -0.05) is 13.2 Å². The van der Waals surface area contributed by atoms with Crippen LogP contribution in [-0.4, -0.2) is 23.7 Å². The Morgan fingerprint density at radius 3 is 2.35 bits per heavy atom. The Morgan fingerprint density at radius 2 is 2.00 bits per heavy atom. The number of esters is 1. The minimum Gasteiger partial charge on any atom is -0.478 e. The SMILES string of the molecule is C=C(C)C(=O)OCCCCC#N.C=CC(=O)O. The highest BCUT2D eigenvalue weighted by atomic mass is 16.5. The van der Waals surface area contributed by atoms with Crippen molar-refractivity contribution in [1.29, 1.82) is 5.26 Å². The monoisotopic (exact) mass is 239 g/mol. The molecule has 5 nitrogen and oxygen atoms in total. The molecule has 0 aliphatic carbocycles. The smallest absolute Gasteiger partial charge is 0.333 e. The first kappa shape index (κ1) is 17.3. The van der Waals surface area contributed by atoms with Crippen LogP contribution in [0.3, 0.4) is 0 Å². The van der Waals surface area contributed by atoms with Gasteiger partial charge in [0.15, 0.2) is 0 Å². The molecular formula is C12H17NO4. The van der Waals surface area contributed by atoms with Gasteiger partial charge in [-0.05, 0) is 19.8 Å². The van der Waals surface area contributed by atoms with Crippen LogP contribution in [0.5, 0.6) is 0 Å². The highest BCUT2D eigenvalue weighted by molar-refractivity contribution is 5.86. The predicted molar refractivity (Wildman–Crippen MR) is 63.1 cm³/mol. The van der Waals surface area contributed by atoms with Gasteiger partial charge in [-0.2, -0.15) is 5.26 Å². The van der Waals surface area contributed by atoms with E-state index in [9.17, 15) is 9.59 Å². The third kappa shape index (κ3) is 16.6. The maximum atomic E-state index is 10.8. The summed E-state index contributed by atoms with van der Waals surface area (Å²) in [7, 11) is 0. The van der Waals surface area contributed by atoms with Crippen molar-refractivity contribution in [2.75, 3.05) is 6.61 Å². The average Bonchev–Trinajstić information content (AvgIpc) is 2.29. The molecule has 0 rings (SSSR count). The van der Waals surface area contributed by atoms with E-state index in [1.807, 2.05) is 6.07 Å². The molecule has 0 fully saturated rings. The van der Waals surface area contributed by atoms with Crippen molar-refractivity contribution in [2.45, 2.75) is 26.2 Å². The summed E-state index contributed by atoms with van der Waals surface area (Å²) in [6.07, 6.45) is 2.87. The first-order chi connectivity index (χ1) is 7.95. The van der Waals surface area contributed by atoms with Crippen LogP contribution in [0.2, 0.25) is 0 Å². The minimum atomic E-state index is -0.981. The van der Waals surface area contributed by atoms with E-state index >= 15 is 0 Å². The van der Waals surface area contributed by atoms with Gasteiger partial charge in [-0.3, -0.25) is 0 Å². The molecule has 1 N–H and O–H groups in total. The number of carbonyl (C=O) groups is 2. The van der Waals surface area contributed by atoms with Crippen molar-refractivity contribution in [3.63, 3.8) is 0 Å². The van der Waals surface area contributed by atoms with E-state index in [0.29, 0.717) is 18.6 Å². The summed E-state index contributed by atoms with van der Waals surface area (Å²) in [5.74, 6) is -1.34. The first-order valence-corrected chi connectivity index (χ1v) is 5.00. The lowest BCUT2D eigenvalue weighted by atomic mass is 10.2. The first-order valence-electron chi connectivity index (χ1n) is 5.00. The molecule has 94 valence electrons. The third-order valence-corrected chi connectivity index (χ3v) is 1.44. The minimum absolute atomic E-state index is 0.355. The maximum absolute atomic E-state index is 10.8. The Balaban J connectivity index is 0. The number of unbranched alkanes of at least 4 members (excludes halogenated alkanes) is 2. The van der Waals surface area contributed by atoms with Gasteiger partial charge in [0, 0.05) is 18.1 Å². The van der Waals surface area contributed by atoms with Gasteiger partial charge in [0.05, 0.1) is 12.7 Å². The molecule has 17 heavy (non-hydrogen) atoms. The lowest BCUT2D eigenvalue weighted by Crippen LogP contribution is -2.05. The lowest BCUT2D eigenvalue weighted by molar-refractivity contribution is -0.139. The molecule has 0 radical (unpaired) electrons. The van der Waals surface area contributed by atoms with Gasteiger partial charge in [-0.25, -0.2) is 9.59 Å². The Labute approximate surface area is 101 Å². The molecule has 5 heteroatoms. The molecule has 0 spiro atoms. The Kier molecular flexibility index (Phi) is 12.2. The maximum Gasteiger partial charge on any atom is 0.333 e. The van der Waals surface area contributed by atoms with Crippen LogP contribution in [0.25, 0.3) is 0 Å². The fraction of sp³-hybridized carbons (Fsp3) is 0.417. The molecule has 0 atom stereocenters. The summed E-state index contributed by atoms with van der Waals surface area (Å²) in [4.78, 5) is 20.0. The highest BCUT2D eigenvalue weighted by Gasteiger charge is 2.01. The standard InChI is InChI=1S/C9H13NO2.C3H4O2/c1-8(2)9(11)12-7-5-3-4-6-10;1-2-3(4)5/h1,3-5,7H2,2H3;2H,1H2,(H,4,5). The van der Waals surface area contributed by atoms with Gasteiger partial charge in [0.1, 0.15) is 0 Å². The molecule has 0 unspecified atom stereocenters. The van der Waals surface area contributed by atoms with Crippen LogP contribution in [0.1, 0.15) is 26.2 Å². The second kappa shape index (κ2) is 12.0. The number of ether oxygens (including phenoxy) is 1. The van der Waals surface area contributed by atoms with E-state index in [2.05, 4.69) is 13.2 Å². The number of hydrogen-bond donors (Lipinski definition) is 1. The summed E-state index contributed by atoms with van der Waals surface area (Å²) in [6, 6.07) is 2.02. The fourth-order valence-corrected chi connectivity index (χ4v) is 0.594. The normalized spacial score (nSPS) is 8.00. The van der Waals surface area contributed by atoms with Crippen molar-refractivity contribution in [3.05, 3.63) is 24.8 Å². The zero-order valence-corrected chi connectivity index (χ0v) is 9.94. The van der Waals surface area contributed by atoms with Crippen molar-refractivity contribution in [2.24, 2.45) is 0 Å². The molecule has 0 aromatic carbocycles. The number of rotatable bonds is 6. The molecule has 0 aromatic heterocycles. The number of hydrogen-bond acceptors (Lipinski definition) is 4. The van der Waals surface area contributed by atoms with E-state index in [4.69, 9.17) is 15.1 Å². The van der Waals surface area contributed by atoms with Crippen molar-refractivity contribution < 1.29 is 19.4 Å². The van der Waals surface area contributed by atoms with Crippen LogP contribution in [-0.2, 0) is 14.3 Å². The second-order valence-electron chi connectivity index (χ2n) is 3.07. The van der Waals surface area contributed by atoms with Crippen molar-refractivity contribution >= 4 is 11.9 Å². The van der Waals surface area contributed by atoms with Gasteiger partial charge >= 0.3 is 11.9 Å². The molecule has 0 aromatic rings. The second-order valence-corrected chi connectivity index (χ2v) is 3.07. The number of carboxylic acids is 1. The Bertz CT molecular complexity index is 315. The average molecular weight is 239 g/mol. The summed E-state index contributed by atoms with van der Waals surface area (Å²) in [5, 5.41) is 15.8.